The predicted octanol–water partition coefficient (Wildman–Crippen LogP) is 7.06. The SMILES string of the molecule is CCCN1C/C(=C\c2cccc(Cl)c2Cl)C(=O)/C(=C/c2cccc(Cl)c2Cl)C1. The molecular weight excluding hydrogens is 436 g/mol. The number of ketones is 1. The molecule has 1 saturated heterocycles. The second-order valence-corrected chi connectivity index (χ2v) is 8.24. The number of piperidine rings is 1. The summed E-state index contributed by atoms with van der Waals surface area (Å²) in [6, 6.07) is 10.8. The van der Waals surface area contributed by atoms with Crippen molar-refractivity contribution < 1.29 is 4.79 Å². The van der Waals surface area contributed by atoms with Crippen molar-refractivity contribution in [3.63, 3.8) is 0 Å². The molecule has 2 aromatic rings. The summed E-state index contributed by atoms with van der Waals surface area (Å²) >= 11 is 24.9. The molecule has 0 unspecified atom stereocenters. The first-order valence-corrected chi connectivity index (χ1v) is 10.5. The van der Waals surface area contributed by atoms with Gasteiger partial charge in [0.2, 0.25) is 0 Å². The van der Waals surface area contributed by atoms with Crippen molar-refractivity contribution in [1.29, 1.82) is 0 Å². The normalized spacial score (nSPS) is 18.2. The zero-order valence-corrected chi connectivity index (χ0v) is 18.3. The molecule has 3 rings (SSSR count). The molecule has 0 aromatic heterocycles. The minimum absolute atomic E-state index is 0.0144. The molecule has 28 heavy (non-hydrogen) atoms. The van der Waals surface area contributed by atoms with Crippen LogP contribution in [0.15, 0.2) is 47.5 Å². The van der Waals surface area contributed by atoms with Crippen LogP contribution in [0.2, 0.25) is 20.1 Å². The zero-order valence-electron chi connectivity index (χ0n) is 15.3. The van der Waals surface area contributed by atoms with Crippen molar-refractivity contribution in [2.24, 2.45) is 0 Å². The van der Waals surface area contributed by atoms with Gasteiger partial charge in [0.15, 0.2) is 5.78 Å². The number of benzene rings is 2. The summed E-state index contributed by atoms with van der Waals surface area (Å²) in [6.07, 6.45) is 4.64. The number of nitrogens with zero attached hydrogens (tertiary/aromatic N) is 1. The number of Topliss-reactive ketones (excluding diaryl/α,β-unsaturated/α-hetero) is 1. The summed E-state index contributed by atoms with van der Waals surface area (Å²) in [5.41, 5.74) is 2.81. The van der Waals surface area contributed by atoms with E-state index in [0.29, 0.717) is 44.3 Å². The van der Waals surface area contributed by atoms with Gasteiger partial charge in [0, 0.05) is 24.2 Å². The fourth-order valence-corrected chi connectivity index (χ4v) is 3.95. The van der Waals surface area contributed by atoms with Gasteiger partial charge in [-0.2, -0.15) is 0 Å². The van der Waals surface area contributed by atoms with E-state index < -0.39 is 0 Å². The molecule has 2 aromatic carbocycles. The highest BCUT2D eigenvalue weighted by Gasteiger charge is 2.26. The molecule has 1 heterocycles. The average Bonchev–Trinajstić information content (AvgIpc) is 2.66. The molecule has 6 heteroatoms. The van der Waals surface area contributed by atoms with E-state index in [-0.39, 0.29) is 5.78 Å². The van der Waals surface area contributed by atoms with E-state index in [0.717, 1.165) is 24.1 Å². The van der Waals surface area contributed by atoms with Crippen LogP contribution < -0.4 is 0 Å². The zero-order chi connectivity index (χ0) is 20.3. The summed E-state index contributed by atoms with van der Waals surface area (Å²) in [5, 5.41) is 1.82. The molecule has 1 aliphatic rings. The second-order valence-electron chi connectivity index (χ2n) is 6.67. The first-order chi connectivity index (χ1) is 13.4. The molecule has 0 aliphatic carbocycles. The van der Waals surface area contributed by atoms with Crippen molar-refractivity contribution in [3.05, 3.63) is 78.8 Å². The monoisotopic (exact) mass is 453 g/mol. The Balaban J connectivity index is 2.03. The fraction of sp³-hybridized carbons (Fsp3) is 0.227. The van der Waals surface area contributed by atoms with E-state index in [1.54, 1.807) is 12.1 Å². The molecular formula is C22H19Cl4NO. The van der Waals surface area contributed by atoms with E-state index in [2.05, 4.69) is 11.8 Å². The molecule has 1 fully saturated rings. The molecule has 0 atom stereocenters. The third-order valence-corrected chi connectivity index (χ3v) is 6.20. The number of hydrogen-bond acceptors (Lipinski definition) is 2. The minimum Gasteiger partial charge on any atom is -0.295 e. The molecule has 1 aliphatic heterocycles. The molecule has 2 nitrogen and oxygen atoms in total. The first kappa shape index (κ1) is 21.4. The third kappa shape index (κ3) is 4.82. The Bertz CT molecular complexity index is 892. The molecule has 146 valence electrons. The van der Waals surface area contributed by atoms with Gasteiger partial charge < -0.3 is 0 Å². The lowest BCUT2D eigenvalue weighted by Crippen LogP contribution is -2.38. The quantitative estimate of drug-likeness (QED) is 0.460. The van der Waals surface area contributed by atoms with Gasteiger partial charge in [0.25, 0.3) is 0 Å². The van der Waals surface area contributed by atoms with Crippen molar-refractivity contribution in [1.82, 2.24) is 4.90 Å². The highest BCUT2D eigenvalue weighted by atomic mass is 35.5. The van der Waals surface area contributed by atoms with Gasteiger partial charge in [-0.15, -0.1) is 0 Å². The Morgan fingerprint density at radius 1 is 0.857 bits per heavy atom. The Morgan fingerprint density at radius 2 is 1.32 bits per heavy atom. The van der Waals surface area contributed by atoms with E-state index in [4.69, 9.17) is 46.4 Å². The lowest BCUT2D eigenvalue weighted by Gasteiger charge is -2.29. The van der Waals surface area contributed by atoms with Gasteiger partial charge in [-0.3, -0.25) is 9.69 Å². The van der Waals surface area contributed by atoms with E-state index >= 15 is 0 Å². The van der Waals surface area contributed by atoms with Crippen LogP contribution in [-0.2, 0) is 4.79 Å². The van der Waals surface area contributed by atoms with Gasteiger partial charge >= 0.3 is 0 Å². The van der Waals surface area contributed by atoms with Gasteiger partial charge in [-0.05, 0) is 48.4 Å². The maximum atomic E-state index is 13.2. The van der Waals surface area contributed by atoms with Crippen LogP contribution in [0.4, 0.5) is 0 Å². The number of hydrogen-bond donors (Lipinski definition) is 0. The van der Waals surface area contributed by atoms with E-state index in [1.807, 2.05) is 36.4 Å². The van der Waals surface area contributed by atoms with Crippen LogP contribution >= 0.6 is 46.4 Å². The smallest absolute Gasteiger partial charge is 0.187 e. The number of likely N-dealkylation sites (tertiary alicyclic amines) is 1. The highest BCUT2D eigenvalue weighted by Crippen LogP contribution is 2.31. The number of halogens is 4. The minimum atomic E-state index is -0.0144. The summed E-state index contributed by atoms with van der Waals surface area (Å²) in [5.74, 6) is -0.0144. The first-order valence-electron chi connectivity index (χ1n) is 8.97. The van der Waals surface area contributed by atoms with Crippen molar-refractivity contribution in [2.75, 3.05) is 19.6 Å². The molecule has 0 saturated carbocycles. The van der Waals surface area contributed by atoms with Crippen LogP contribution in [0.1, 0.15) is 24.5 Å². The molecule has 0 amide bonds. The molecule has 0 bridgehead atoms. The predicted molar refractivity (Wildman–Crippen MR) is 121 cm³/mol. The Kier molecular flexibility index (Phi) is 7.25. The Labute approximate surface area is 185 Å². The number of rotatable bonds is 4. The second kappa shape index (κ2) is 9.47. The van der Waals surface area contributed by atoms with Gasteiger partial charge in [0.05, 0.1) is 20.1 Å². The van der Waals surface area contributed by atoms with Crippen LogP contribution in [0.5, 0.6) is 0 Å². The summed E-state index contributed by atoms with van der Waals surface area (Å²) < 4.78 is 0. The van der Waals surface area contributed by atoms with Gasteiger partial charge in [-0.1, -0.05) is 77.6 Å². The van der Waals surface area contributed by atoms with Crippen molar-refractivity contribution >= 4 is 64.3 Å². The summed E-state index contributed by atoms with van der Waals surface area (Å²) in [7, 11) is 0. The summed E-state index contributed by atoms with van der Waals surface area (Å²) in [6.45, 7) is 4.13. The largest absolute Gasteiger partial charge is 0.295 e. The maximum Gasteiger partial charge on any atom is 0.187 e. The fourth-order valence-electron chi connectivity index (χ4n) is 3.22. The van der Waals surface area contributed by atoms with Crippen molar-refractivity contribution in [3.8, 4) is 0 Å². The lowest BCUT2D eigenvalue weighted by atomic mass is 9.94. The maximum absolute atomic E-state index is 13.2. The third-order valence-electron chi connectivity index (χ3n) is 4.53. The van der Waals surface area contributed by atoms with Crippen molar-refractivity contribution in [2.45, 2.75) is 13.3 Å². The summed E-state index contributed by atoms with van der Waals surface area (Å²) in [4.78, 5) is 15.4. The Morgan fingerprint density at radius 3 is 1.75 bits per heavy atom. The lowest BCUT2D eigenvalue weighted by molar-refractivity contribution is -0.113. The average molecular weight is 455 g/mol. The van der Waals surface area contributed by atoms with E-state index in [9.17, 15) is 4.79 Å². The van der Waals surface area contributed by atoms with Gasteiger partial charge in [-0.25, -0.2) is 0 Å². The highest BCUT2D eigenvalue weighted by molar-refractivity contribution is 6.43. The van der Waals surface area contributed by atoms with Crippen LogP contribution in [0, 0.1) is 0 Å². The molecule has 0 radical (unpaired) electrons. The van der Waals surface area contributed by atoms with Crippen LogP contribution in [-0.4, -0.2) is 30.3 Å². The molecule has 0 spiro atoms. The van der Waals surface area contributed by atoms with Crippen LogP contribution in [0.3, 0.4) is 0 Å². The number of carbonyl (C=O) groups is 1. The van der Waals surface area contributed by atoms with Crippen LogP contribution in [0.25, 0.3) is 12.2 Å². The standard InChI is InChI=1S/C22H19Cl4NO/c1-2-9-27-12-16(10-14-5-3-7-18(23)20(14)25)22(28)17(13-27)11-15-6-4-8-19(24)21(15)26/h3-8,10-11H,2,9,12-13H2,1H3/b16-10+,17-11+. The number of carbonyl (C=O) groups excluding carboxylic acids is 1. The Hall–Kier alpha value is -1.29. The van der Waals surface area contributed by atoms with Gasteiger partial charge in [0.1, 0.15) is 0 Å². The molecule has 0 N–H and O–H groups in total. The van der Waals surface area contributed by atoms with E-state index in [1.165, 1.54) is 0 Å². The topological polar surface area (TPSA) is 20.3 Å².